The van der Waals surface area contributed by atoms with Gasteiger partial charge in [0.1, 0.15) is 11.6 Å². The highest BCUT2D eigenvalue weighted by Crippen LogP contribution is 2.28. The first kappa shape index (κ1) is 21.9. The Morgan fingerprint density at radius 3 is 2.21 bits per heavy atom. The molecule has 6 N–H and O–H groups in total. The smallest absolute Gasteiger partial charge is 0.258 e. The summed E-state index contributed by atoms with van der Waals surface area (Å²) in [5.74, 6) is -1.07. The van der Waals surface area contributed by atoms with E-state index in [2.05, 4.69) is 20.6 Å². The topological polar surface area (TPSA) is 145 Å². The fourth-order valence-corrected chi connectivity index (χ4v) is 2.95. The number of nitrogens with one attached hydrogen (secondary N) is 2. The molecule has 0 fully saturated rings. The van der Waals surface area contributed by atoms with E-state index >= 15 is 0 Å². The number of rotatable bonds is 9. The first-order chi connectivity index (χ1) is 13.6. The minimum Gasteiger partial charge on any atom is -0.477 e. The molecule has 0 bridgehead atoms. The molecule has 1 heterocycles. The van der Waals surface area contributed by atoms with Crippen LogP contribution in [0.4, 0.5) is 17.5 Å². The molecule has 0 aliphatic carbocycles. The summed E-state index contributed by atoms with van der Waals surface area (Å²) in [5.41, 5.74) is 13.9. The van der Waals surface area contributed by atoms with Crippen molar-refractivity contribution in [2.45, 2.75) is 40.7 Å². The maximum Gasteiger partial charge on any atom is 0.258 e. The molecule has 1 aromatic carbocycles. The van der Waals surface area contributed by atoms with Crippen molar-refractivity contribution in [3.05, 3.63) is 34.9 Å². The molecule has 0 spiro atoms. The van der Waals surface area contributed by atoms with Crippen molar-refractivity contribution in [3.8, 4) is 5.88 Å². The Kier molecular flexibility index (Phi) is 6.98. The molecule has 9 heteroatoms. The van der Waals surface area contributed by atoms with Crippen LogP contribution in [0.2, 0.25) is 0 Å². The van der Waals surface area contributed by atoms with Gasteiger partial charge in [-0.15, -0.1) is 0 Å². The van der Waals surface area contributed by atoms with Crippen LogP contribution in [0.1, 0.15) is 42.3 Å². The zero-order valence-corrected chi connectivity index (χ0v) is 17.4. The number of aromatic nitrogens is 2. The molecule has 156 valence electrons. The Balaban J connectivity index is 2.57. The van der Waals surface area contributed by atoms with Crippen LogP contribution < -0.4 is 26.8 Å². The second-order valence-electron chi connectivity index (χ2n) is 7.14. The monoisotopic (exact) mass is 400 g/mol. The average Bonchev–Trinajstić information content (AvgIpc) is 2.58. The molecule has 0 saturated heterocycles. The summed E-state index contributed by atoms with van der Waals surface area (Å²) in [6.45, 7) is 9.65. The van der Waals surface area contributed by atoms with Crippen LogP contribution >= 0.6 is 0 Å². The van der Waals surface area contributed by atoms with Gasteiger partial charge in [0.15, 0.2) is 5.82 Å². The number of aryl methyl sites for hydroxylation is 2. The van der Waals surface area contributed by atoms with E-state index in [9.17, 15) is 9.59 Å². The van der Waals surface area contributed by atoms with E-state index in [-0.39, 0.29) is 35.7 Å². The number of nitrogens with zero attached hydrogens (tertiary/aromatic N) is 2. The van der Waals surface area contributed by atoms with E-state index in [4.69, 9.17) is 16.2 Å². The maximum absolute atomic E-state index is 12.1. The van der Waals surface area contributed by atoms with Gasteiger partial charge in [-0.2, -0.15) is 9.97 Å². The van der Waals surface area contributed by atoms with Crippen molar-refractivity contribution in [1.82, 2.24) is 9.97 Å². The number of primary amides is 2. The average molecular weight is 400 g/mol. The number of hydrogen-bond acceptors (Lipinski definition) is 7. The lowest BCUT2D eigenvalue weighted by atomic mass is 10.0. The summed E-state index contributed by atoms with van der Waals surface area (Å²) in [4.78, 5) is 32.5. The Labute approximate surface area is 170 Å². The third-order valence-electron chi connectivity index (χ3n) is 4.15. The number of benzene rings is 1. The molecule has 2 aromatic rings. The second kappa shape index (κ2) is 9.22. The van der Waals surface area contributed by atoms with Crippen LogP contribution in [0.15, 0.2) is 18.2 Å². The summed E-state index contributed by atoms with van der Waals surface area (Å²) in [6, 6.07) is 5.15. The number of carbonyl (C=O) groups is 2. The number of anilines is 3. The minimum atomic E-state index is -0.734. The number of carbonyl (C=O) groups excluding carboxylic acids is 2. The standard InChI is InChI=1S/C20H28N6O3/c1-6-29-19-14(16(21)27)18(23-13-8-11(4)7-12(5)9-13)25-20(26-19)24-15(10(2)3)17(22)28/h7-10,15H,6H2,1-5H3,(H2,21,27)(H2,22,28)(H2,23,24,25,26)/t15-/m1/s1. The second-order valence-corrected chi connectivity index (χ2v) is 7.14. The normalized spacial score (nSPS) is 11.8. The van der Waals surface area contributed by atoms with E-state index in [0.717, 1.165) is 16.8 Å². The van der Waals surface area contributed by atoms with E-state index in [0.29, 0.717) is 0 Å². The Morgan fingerprint density at radius 2 is 1.72 bits per heavy atom. The zero-order valence-electron chi connectivity index (χ0n) is 17.4. The van der Waals surface area contributed by atoms with Crippen molar-refractivity contribution in [2.75, 3.05) is 17.2 Å². The summed E-state index contributed by atoms with van der Waals surface area (Å²) < 4.78 is 5.52. The van der Waals surface area contributed by atoms with Crippen molar-refractivity contribution < 1.29 is 14.3 Å². The third-order valence-corrected chi connectivity index (χ3v) is 4.15. The predicted molar refractivity (Wildman–Crippen MR) is 112 cm³/mol. The highest BCUT2D eigenvalue weighted by atomic mass is 16.5. The Bertz CT molecular complexity index is 893. The number of nitrogens with two attached hydrogens (primary N) is 2. The van der Waals surface area contributed by atoms with Crippen LogP contribution in [-0.2, 0) is 4.79 Å². The predicted octanol–water partition coefficient (Wildman–Crippen LogP) is 2.26. The molecule has 9 nitrogen and oxygen atoms in total. The maximum atomic E-state index is 12.1. The first-order valence-electron chi connectivity index (χ1n) is 9.38. The van der Waals surface area contributed by atoms with Crippen LogP contribution in [0.3, 0.4) is 0 Å². The SMILES string of the molecule is CCOc1nc(N[C@@H](C(N)=O)C(C)C)nc(Nc2cc(C)cc(C)c2)c1C(N)=O. The number of amides is 2. The van der Waals surface area contributed by atoms with Crippen LogP contribution in [0.5, 0.6) is 5.88 Å². The van der Waals surface area contributed by atoms with Gasteiger partial charge in [-0.3, -0.25) is 9.59 Å². The number of hydrogen-bond donors (Lipinski definition) is 4. The van der Waals surface area contributed by atoms with Gasteiger partial charge < -0.3 is 26.8 Å². The molecule has 0 unspecified atom stereocenters. The van der Waals surface area contributed by atoms with Crippen LogP contribution in [0.25, 0.3) is 0 Å². The fourth-order valence-electron chi connectivity index (χ4n) is 2.95. The molecule has 0 radical (unpaired) electrons. The molecule has 2 rings (SSSR count). The lowest BCUT2D eigenvalue weighted by Crippen LogP contribution is -2.40. The number of ether oxygens (including phenoxy) is 1. The zero-order chi connectivity index (χ0) is 21.7. The molecule has 1 aromatic heterocycles. The van der Waals surface area contributed by atoms with Gasteiger partial charge in [0.05, 0.1) is 6.61 Å². The largest absolute Gasteiger partial charge is 0.477 e. The fraction of sp³-hybridized carbons (Fsp3) is 0.400. The quantitative estimate of drug-likeness (QED) is 0.505. The van der Waals surface area contributed by atoms with Crippen molar-refractivity contribution in [2.24, 2.45) is 17.4 Å². The summed E-state index contributed by atoms with van der Waals surface area (Å²) >= 11 is 0. The van der Waals surface area contributed by atoms with Gasteiger partial charge in [0.2, 0.25) is 17.7 Å². The van der Waals surface area contributed by atoms with Crippen molar-refractivity contribution >= 4 is 29.3 Å². The highest BCUT2D eigenvalue weighted by Gasteiger charge is 2.25. The third kappa shape index (κ3) is 5.56. The van der Waals surface area contributed by atoms with Crippen molar-refractivity contribution in [1.29, 1.82) is 0 Å². The molecule has 29 heavy (non-hydrogen) atoms. The van der Waals surface area contributed by atoms with Gasteiger partial charge in [-0.05, 0) is 49.9 Å². The first-order valence-corrected chi connectivity index (χ1v) is 9.38. The van der Waals surface area contributed by atoms with Gasteiger partial charge in [-0.25, -0.2) is 0 Å². The lowest BCUT2D eigenvalue weighted by molar-refractivity contribution is -0.119. The summed E-state index contributed by atoms with van der Waals surface area (Å²) in [5, 5.41) is 6.04. The minimum absolute atomic E-state index is 0.0244. The summed E-state index contributed by atoms with van der Waals surface area (Å²) in [6.07, 6.45) is 0. The van der Waals surface area contributed by atoms with Crippen LogP contribution in [-0.4, -0.2) is 34.4 Å². The van der Waals surface area contributed by atoms with E-state index in [1.807, 2.05) is 45.9 Å². The van der Waals surface area contributed by atoms with Gasteiger partial charge in [-0.1, -0.05) is 19.9 Å². The molecular weight excluding hydrogens is 372 g/mol. The van der Waals surface area contributed by atoms with E-state index in [1.165, 1.54) is 0 Å². The van der Waals surface area contributed by atoms with Gasteiger partial charge >= 0.3 is 0 Å². The molecule has 0 saturated carbocycles. The Morgan fingerprint density at radius 1 is 1.10 bits per heavy atom. The molecular formula is C20H28N6O3. The van der Waals surface area contributed by atoms with Gasteiger partial charge in [0, 0.05) is 5.69 Å². The molecule has 0 aliphatic rings. The molecule has 2 amide bonds. The lowest BCUT2D eigenvalue weighted by Gasteiger charge is -2.21. The van der Waals surface area contributed by atoms with E-state index < -0.39 is 17.9 Å². The Hall–Kier alpha value is -3.36. The van der Waals surface area contributed by atoms with Gasteiger partial charge in [0.25, 0.3) is 5.91 Å². The van der Waals surface area contributed by atoms with Crippen molar-refractivity contribution in [3.63, 3.8) is 0 Å². The molecule has 0 aliphatic heterocycles. The van der Waals surface area contributed by atoms with Crippen LogP contribution in [0, 0.1) is 19.8 Å². The molecule has 1 atom stereocenters. The van der Waals surface area contributed by atoms with E-state index in [1.54, 1.807) is 6.92 Å². The highest BCUT2D eigenvalue weighted by molar-refractivity contribution is 6.00. The summed E-state index contributed by atoms with van der Waals surface area (Å²) in [7, 11) is 0.